The summed E-state index contributed by atoms with van der Waals surface area (Å²) in [5.74, 6) is 0. The van der Waals surface area contributed by atoms with E-state index in [1.165, 1.54) is 85.8 Å². The van der Waals surface area contributed by atoms with Gasteiger partial charge in [0.2, 0.25) is 0 Å². The standard InChI is InChI=1S/C56H36N2S/c1-3-13-37(14-4-1)38-23-25-40(26-24-38)46-33-34-52(55-49-20-10-12-22-54(49)59-56(46)55)57(43-30-29-41-28-27-39-15-7-8-18-45(39)50(41)35-43)44-31-32-48-47-19-9-11-21-51(47)58(53(48)36-44)42-16-5-2-6-17-42/h1-36H. The SMILES string of the molecule is c1ccc(-c2ccc(-c3ccc(N(c4ccc5ccc6ccccc6c5c4)c4ccc5c6ccccc6n(-c6ccccc6)c5c4)c4c3sc3ccccc34)cc2)cc1. The molecule has 2 aromatic heterocycles. The van der Waals surface area contributed by atoms with Crippen LogP contribution in [0.2, 0.25) is 0 Å². The van der Waals surface area contributed by atoms with Gasteiger partial charge in [0.15, 0.2) is 0 Å². The van der Waals surface area contributed by atoms with Crippen LogP contribution in [0, 0.1) is 0 Å². The number of thiophene rings is 1. The van der Waals surface area contributed by atoms with Crippen molar-refractivity contribution in [1.29, 1.82) is 0 Å². The first-order chi connectivity index (χ1) is 29.3. The van der Waals surface area contributed by atoms with Gasteiger partial charge in [-0.3, -0.25) is 0 Å². The minimum atomic E-state index is 1.11. The monoisotopic (exact) mass is 768 g/mol. The molecule has 10 aromatic carbocycles. The summed E-state index contributed by atoms with van der Waals surface area (Å²) in [5, 5.41) is 9.98. The lowest BCUT2D eigenvalue weighted by Gasteiger charge is -2.28. The molecule has 0 radical (unpaired) electrons. The summed E-state index contributed by atoms with van der Waals surface area (Å²) in [4.78, 5) is 2.50. The van der Waals surface area contributed by atoms with Crippen molar-refractivity contribution in [3.05, 3.63) is 218 Å². The third-order valence-corrected chi connectivity index (χ3v) is 13.2. The Bertz CT molecular complexity index is 3540. The zero-order valence-corrected chi connectivity index (χ0v) is 32.9. The van der Waals surface area contributed by atoms with Crippen LogP contribution in [0.3, 0.4) is 0 Å². The fourth-order valence-electron chi connectivity index (χ4n) is 9.21. The van der Waals surface area contributed by atoms with Crippen LogP contribution in [-0.2, 0) is 0 Å². The Balaban J connectivity index is 1.14. The topological polar surface area (TPSA) is 8.17 Å². The summed E-state index contributed by atoms with van der Waals surface area (Å²) in [6.07, 6.45) is 0. The molecule has 2 nitrogen and oxygen atoms in total. The maximum Gasteiger partial charge on any atom is 0.0561 e. The van der Waals surface area contributed by atoms with Crippen molar-refractivity contribution in [3.8, 4) is 27.9 Å². The van der Waals surface area contributed by atoms with Crippen molar-refractivity contribution in [2.45, 2.75) is 0 Å². The highest BCUT2D eigenvalue weighted by Crippen LogP contribution is 2.49. The van der Waals surface area contributed by atoms with Crippen LogP contribution in [0.4, 0.5) is 17.1 Å². The molecule has 0 bridgehead atoms. The second kappa shape index (κ2) is 13.6. The summed E-state index contributed by atoms with van der Waals surface area (Å²) in [6, 6.07) is 80.0. The van der Waals surface area contributed by atoms with Crippen LogP contribution in [0.5, 0.6) is 0 Å². The number of hydrogen-bond acceptors (Lipinski definition) is 2. The zero-order valence-electron chi connectivity index (χ0n) is 32.1. The number of nitrogens with zero attached hydrogens (tertiary/aromatic N) is 2. The predicted octanol–water partition coefficient (Wildman–Crippen LogP) is 16.3. The molecule has 0 aliphatic rings. The maximum absolute atomic E-state index is 2.50. The highest BCUT2D eigenvalue weighted by Gasteiger charge is 2.23. The summed E-state index contributed by atoms with van der Waals surface area (Å²) in [7, 11) is 0. The molecule has 0 aliphatic heterocycles. The van der Waals surface area contributed by atoms with Gasteiger partial charge in [-0.25, -0.2) is 0 Å². The molecule has 276 valence electrons. The van der Waals surface area contributed by atoms with Crippen LogP contribution in [0.25, 0.3) is 91.5 Å². The number of anilines is 3. The molecular weight excluding hydrogens is 733 g/mol. The molecule has 0 fully saturated rings. The molecule has 0 spiro atoms. The van der Waals surface area contributed by atoms with Crippen molar-refractivity contribution >= 4 is 91.9 Å². The van der Waals surface area contributed by atoms with Gasteiger partial charge in [0.1, 0.15) is 0 Å². The molecule has 0 saturated carbocycles. The molecule has 0 N–H and O–H groups in total. The molecule has 59 heavy (non-hydrogen) atoms. The Kier molecular flexibility index (Phi) is 7.75. The molecule has 3 heteroatoms. The van der Waals surface area contributed by atoms with Gasteiger partial charge >= 0.3 is 0 Å². The Morgan fingerprint density at radius 1 is 0.373 bits per heavy atom. The largest absolute Gasteiger partial charge is 0.310 e. The smallest absolute Gasteiger partial charge is 0.0561 e. The third kappa shape index (κ3) is 5.47. The normalized spacial score (nSPS) is 11.7. The zero-order chi connectivity index (χ0) is 38.9. The Morgan fingerprint density at radius 3 is 1.80 bits per heavy atom. The average molecular weight is 769 g/mol. The van der Waals surface area contributed by atoms with E-state index < -0.39 is 0 Å². The maximum atomic E-state index is 2.50. The molecular formula is C56H36N2S. The minimum absolute atomic E-state index is 1.11. The number of fused-ring (bicyclic) bond motifs is 9. The third-order valence-electron chi connectivity index (χ3n) is 12.0. The highest BCUT2D eigenvalue weighted by atomic mass is 32.1. The number of rotatable bonds is 6. The van der Waals surface area contributed by atoms with E-state index in [1.54, 1.807) is 0 Å². The van der Waals surface area contributed by atoms with Crippen LogP contribution >= 0.6 is 11.3 Å². The van der Waals surface area contributed by atoms with E-state index in [4.69, 9.17) is 0 Å². The molecule has 0 saturated heterocycles. The Morgan fingerprint density at radius 2 is 0.966 bits per heavy atom. The first-order valence-corrected chi connectivity index (χ1v) is 21.0. The van der Waals surface area contributed by atoms with E-state index >= 15 is 0 Å². The van der Waals surface area contributed by atoms with E-state index in [0.717, 1.165) is 22.7 Å². The first-order valence-electron chi connectivity index (χ1n) is 20.2. The summed E-state index contributed by atoms with van der Waals surface area (Å²) >= 11 is 1.88. The van der Waals surface area contributed by atoms with Crippen LogP contribution < -0.4 is 4.90 Å². The van der Waals surface area contributed by atoms with Crippen molar-refractivity contribution in [2.24, 2.45) is 0 Å². The average Bonchev–Trinajstić information content (AvgIpc) is 3.86. The number of hydrogen-bond donors (Lipinski definition) is 0. The number of para-hydroxylation sites is 2. The second-order valence-corrected chi connectivity index (χ2v) is 16.3. The van der Waals surface area contributed by atoms with E-state index in [2.05, 4.69) is 228 Å². The fourth-order valence-corrected chi connectivity index (χ4v) is 10.5. The molecule has 0 unspecified atom stereocenters. The van der Waals surface area contributed by atoms with Crippen molar-refractivity contribution in [3.63, 3.8) is 0 Å². The van der Waals surface area contributed by atoms with Gasteiger partial charge < -0.3 is 9.47 Å². The fraction of sp³-hybridized carbons (Fsp3) is 0. The molecule has 2 heterocycles. The first kappa shape index (κ1) is 33.7. The molecule has 12 rings (SSSR count). The lowest BCUT2D eigenvalue weighted by Crippen LogP contribution is -2.11. The lowest BCUT2D eigenvalue weighted by atomic mass is 9.97. The molecule has 0 amide bonds. The van der Waals surface area contributed by atoms with Gasteiger partial charge in [0.25, 0.3) is 0 Å². The Hall–Kier alpha value is -7.46. The van der Waals surface area contributed by atoms with Crippen LogP contribution in [0.15, 0.2) is 218 Å². The van der Waals surface area contributed by atoms with Crippen LogP contribution in [-0.4, -0.2) is 4.57 Å². The quantitative estimate of drug-likeness (QED) is 0.153. The van der Waals surface area contributed by atoms with Crippen molar-refractivity contribution < 1.29 is 0 Å². The number of benzene rings is 10. The summed E-state index contributed by atoms with van der Waals surface area (Å²) < 4.78 is 4.98. The van der Waals surface area contributed by atoms with Crippen LogP contribution in [0.1, 0.15) is 0 Å². The van der Waals surface area contributed by atoms with E-state index in [9.17, 15) is 0 Å². The van der Waals surface area contributed by atoms with Gasteiger partial charge in [0, 0.05) is 48.0 Å². The summed E-state index contributed by atoms with van der Waals surface area (Å²) in [6.45, 7) is 0. The van der Waals surface area contributed by atoms with E-state index in [-0.39, 0.29) is 0 Å². The van der Waals surface area contributed by atoms with Gasteiger partial charge in [-0.1, -0.05) is 164 Å². The Labute approximate surface area is 346 Å². The minimum Gasteiger partial charge on any atom is -0.310 e. The van der Waals surface area contributed by atoms with Gasteiger partial charge in [-0.15, -0.1) is 11.3 Å². The van der Waals surface area contributed by atoms with Gasteiger partial charge in [-0.05, 0) is 98.4 Å². The number of aromatic nitrogens is 1. The van der Waals surface area contributed by atoms with Gasteiger partial charge in [0.05, 0.1) is 16.7 Å². The van der Waals surface area contributed by atoms with Crippen molar-refractivity contribution in [1.82, 2.24) is 4.57 Å². The molecule has 0 atom stereocenters. The predicted molar refractivity (Wildman–Crippen MR) is 254 cm³/mol. The van der Waals surface area contributed by atoms with Gasteiger partial charge in [-0.2, -0.15) is 0 Å². The van der Waals surface area contributed by atoms with E-state index in [1.807, 2.05) is 11.3 Å². The second-order valence-electron chi connectivity index (χ2n) is 15.3. The molecule has 0 aliphatic carbocycles. The van der Waals surface area contributed by atoms with E-state index in [0.29, 0.717) is 0 Å². The molecule has 12 aromatic rings. The summed E-state index contributed by atoms with van der Waals surface area (Å²) in [5.41, 5.74) is 11.8. The highest BCUT2D eigenvalue weighted by molar-refractivity contribution is 7.26. The van der Waals surface area contributed by atoms with Crippen molar-refractivity contribution in [2.75, 3.05) is 4.90 Å². The lowest BCUT2D eigenvalue weighted by molar-refractivity contribution is 1.18.